The summed E-state index contributed by atoms with van der Waals surface area (Å²) in [6.45, 7) is 0.0575. The van der Waals surface area contributed by atoms with Gasteiger partial charge in [0.2, 0.25) is 0 Å². The van der Waals surface area contributed by atoms with E-state index in [2.05, 4.69) is 30.3 Å². The number of azide groups is 1. The zero-order valence-corrected chi connectivity index (χ0v) is 12.1. The summed E-state index contributed by atoms with van der Waals surface area (Å²) in [5.41, 5.74) is 10.1. The SMILES string of the molecule is CNc1ncnc2c1ncn2[C@@H]1S[C@H](CO)CC1N=[N+]=[N-]. The number of anilines is 1. The minimum absolute atomic E-state index is 0.0496. The molecule has 3 atom stereocenters. The van der Waals surface area contributed by atoms with E-state index in [9.17, 15) is 5.11 Å². The highest BCUT2D eigenvalue weighted by Gasteiger charge is 2.36. The van der Waals surface area contributed by atoms with Gasteiger partial charge < -0.3 is 15.0 Å². The van der Waals surface area contributed by atoms with E-state index in [1.165, 1.54) is 6.33 Å². The molecule has 3 rings (SSSR count). The molecule has 110 valence electrons. The fourth-order valence-electron chi connectivity index (χ4n) is 2.49. The molecular formula is C11H14N8OS. The van der Waals surface area contributed by atoms with Crippen molar-refractivity contribution in [1.82, 2.24) is 19.5 Å². The first-order valence-corrected chi connectivity index (χ1v) is 7.38. The largest absolute Gasteiger partial charge is 0.395 e. The van der Waals surface area contributed by atoms with Crippen molar-refractivity contribution in [2.45, 2.75) is 23.1 Å². The topological polar surface area (TPSA) is 125 Å². The summed E-state index contributed by atoms with van der Waals surface area (Å²) in [7, 11) is 1.77. The Bertz CT molecular complexity index is 697. The summed E-state index contributed by atoms with van der Waals surface area (Å²) in [5, 5.41) is 16.1. The lowest BCUT2D eigenvalue weighted by Crippen LogP contribution is -2.14. The van der Waals surface area contributed by atoms with Gasteiger partial charge in [0.1, 0.15) is 11.8 Å². The van der Waals surface area contributed by atoms with Gasteiger partial charge in [-0.25, -0.2) is 15.0 Å². The Morgan fingerprint density at radius 3 is 3.14 bits per heavy atom. The lowest BCUT2D eigenvalue weighted by molar-refractivity contribution is 0.289. The lowest BCUT2D eigenvalue weighted by Gasteiger charge is -2.16. The van der Waals surface area contributed by atoms with E-state index in [-0.39, 0.29) is 23.3 Å². The highest BCUT2D eigenvalue weighted by Crippen LogP contribution is 2.44. The van der Waals surface area contributed by atoms with Crippen molar-refractivity contribution in [1.29, 1.82) is 0 Å². The Kier molecular flexibility index (Phi) is 3.82. The highest BCUT2D eigenvalue weighted by atomic mass is 32.2. The van der Waals surface area contributed by atoms with Gasteiger partial charge in [0.25, 0.3) is 0 Å². The number of nitrogens with one attached hydrogen (secondary N) is 1. The smallest absolute Gasteiger partial charge is 0.166 e. The Morgan fingerprint density at radius 2 is 2.43 bits per heavy atom. The zero-order chi connectivity index (χ0) is 14.8. The molecule has 2 aromatic rings. The molecule has 1 unspecified atom stereocenters. The monoisotopic (exact) mass is 306 g/mol. The minimum atomic E-state index is -0.234. The lowest BCUT2D eigenvalue weighted by atomic mass is 10.2. The number of rotatable bonds is 4. The summed E-state index contributed by atoms with van der Waals surface area (Å²) in [4.78, 5) is 15.7. The normalized spacial score (nSPS) is 25.0. The number of hydrogen-bond donors (Lipinski definition) is 2. The molecule has 0 spiro atoms. The number of imidazole rings is 1. The predicted octanol–water partition coefficient (Wildman–Crippen LogP) is 1.54. The van der Waals surface area contributed by atoms with Gasteiger partial charge in [0.05, 0.1) is 24.3 Å². The van der Waals surface area contributed by atoms with Gasteiger partial charge in [0, 0.05) is 17.2 Å². The Balaban J connectivity index is 2.05. The Labute approximate surface area is 124 Å². The van der Waals surface area contributed by atoms with Gasteiger partial charge in [-0.3, -0.25) is 0 Å². The van der Waals surface area contributed by atoms with Crippen molar-refractivity contribution in [2.24, 2.45) is 5.11 Å². The highest BCUT2D eigenvalue weighted by molar-refractivity contribution is 8.00. The molecule has 1 aliphatic rings. The second-order valence-electron chi connectivity index (χ2n) is 4.64. The first kappa shape index (κ1) is 13.9. The van der Waals surface area contributed by atoms with Gasteiger partial charge in [-0.15, -0.1) is 11.8 Å². The fraction of sp³-hybridized carbons (Fsp3) is 0.545. The number of fused-ring (bicyclic) bond motifs is 1. The maximum atomic E-state index is 9.35. The van der Waals surface area contributed by atoms with Crippen LogP contribution in [-0.2, 0) is 0 Å². The number of aliphatic hydroxyl groups is 1. The van der Waals surface area contributed by atoms with Crippen LogP contribution >= 0.6 is 11.8 Å². The summed E-state index contributed by atoms with van der Waals surface area (Å²) in [6.07, 6.45) is 3.79. The van der Waals surface area contributed by atoms with E-state index in [0.717, 1.165) is 0 Å². The van der Waals surface area contributed by atoms with Crippen LogP contribution in [0.5, 0.6) is 0 Å². The Morgan fingerprint density at radius 1 is 1.57 bits per heavy atom. The first-order valence-electron chi connectivity index (χ1n) is 6.44. The van der Waals surface area contributed by atoms with Crippen LogP contribution in [0.1, 0.15) is 11.8 Å². The standard InChI is InChI=1S/C11H14N8OS/c1-13-9-8-10(15-4-14-9)19(5-16-8)11-7(17-18-12)2-6(3-20)21-11/h4-7,11,20H,2-3H2,1H3,(H,13,14,15)/t6-,7?,11+/m0/s1. The van der Waals surface area contributed by atoms with Gasteiger partial charge in [-0.2, -0.15) is 0 Å². The summed E-state index contributed by atoms with van der Waals surface area (Å²) in [6, 6.07) is -0.234. The predicted molar refractivity (Wildman–Crippen MR) is 79.9 cm³/mol. The van der Waals surface area contributed by atoms with E-state index in [4.69, 9.17) is 5.53 Å². The van der Waals surface area contributed by atoms with Crippen LogP contribution < -0.4 is 5.32 Å². The van der Waals surface area contributed by atoms with E-state index < -0.39 is 0 Å². The molecule has 10 heteroatoms. The van der Waals surface area contributed by atoms with Crippen LogP contribution in [0.2, 0.25) is 0 Å². The maximum absolute atomic E-state index is 9.35. The van der Waals surface area contributed by atoms with E-state index in [1.54, 1.807) is 25.1 Å². The van der Waals surface area contributed by atoms with Crippen molar-refractivity contribution in [3.63, 3.8) is 0 Å². The molecule has 0 aliphatic carbocycles. The van der Waals surface area contributed by atoms with Crippen molar-refractivity contribution in [3.05, 3.63) is 23.1 Å². The third-order valence-corrected chi connectivity index (χ3v) is 4.99. The van der Waals surface area contributed by atoms with Crippen molar-refractivity contribution >= 4 is 28.7 Å². The molecule has 0 radical (unpaired) electrons. The molecule has 0 aromatic carbocycles. The summed E-state index contributed by atoms with van der Waals surface area (Å²) < 4.78 is 1.89. The number of thioether (sulfide) groups is 1. The van der Waals surface area contributed by atoms with Crippen molar-refractivity contribution in [3.8, 4) is 0 Å². The second kappa shape index (κ2) is 5.76. The van der Waals surface area contributed by atoms with E-state index in [0.29, 0.717) is 23.4 Å². The molecule has 2 aromatic heterocycles. The first-order chi connectivity index (χ1) is 10.3. The quantitative estimate of drug-likeness (QED) is 0.501. The molecule has 21 heavy (non-hydrogen) atoms. The van der Waals surface area contributed by atoms with Crippen LogP contribution in [0, 0.1) is 0 Å². The summed E-state index contributed by atoms with van der Waals surface area (Å²) in [5.74, 6) is 0.654. The van der Waals surface area contributed by atoms with Crippen molar-refractivity contribution in [2.75, 3.05) is 19.0 Å². The van der Waals surface area contributed by atoms with Gasteiger partial charge in [0.15, 0.2) is 11.5 Å². The van der Waals surface area contributed by atoms with Gasteiger partial charge >= 0.3 is 0 Å². The third kappa shape index (κ3) is 2.37. The molecule has 2 N–H and O–H groups in total. The number of hydrogen-bond acceptors (Lipinski definition) is 7. The molecule has 0 bridgehead atoms. The summed E-state index contributed by atoms with van der Waals surface area (Å²) >= 11 is 1.57. The van der Waals surface area contributed by atoms with Gasteiger partial charge in [-0.05, 0) is 12.0 Å². The third-order valence-electron chi connectivity index (χ3n) is 3.44. The number of aromatic nitrogens is 4. The fourth-order valence-corrected chi connectivity index (χ4v) is 3.91. The minimum Gasteiger partial charge on any atom is -0.395 e. The maximum Gasteiger partial charge on any atom is 0.166 e. The van der Waals surface area contributed by atoms with Crippen LogP contribution in [0.4, 0.5) is 5.82 Å². The van der Waals surface area contributed by atoms with E-state index in [1.807, 2.05) is 4.57 Å². The molecule has 3 heterocycles. The molecule has 1 fully saturated rings. The van der Waals surface area contributed by atoms with Gasteiger partial charge in [-0.1, -0.05) is 5.11 Å². The van der Waals surface area contributed by atoms with Crippen LogP contribution in [0.15, 0.2) is 17.8 Å². The molecule has 0 amide bonds. The number of nitrogens with zero attached hydrogens (tertiary/aromatic N) is 7. The molecule has 1 aliphatic heterocycles. The van der Waals surface area contributed by atoms with E-state index >= 15 is 0 Å². The molecule has 1 saturated heterocycles. The second-order valence-corrected chi connectivity index (χ2v) is 6.06. The van der Waals surface area contributed by atoms with Crippen LogP contribution in [0.3, 0.4) is 0 Å². The average molecular weight is 306 g/mol. The average Bonchev–Trinajstić information content (AvgIpc) is 3.10. The zero-order valence-electron chi connectivity index (χ0n) is 11.3. The van der Waals surface area contributed by atoms with Crippen molar-refractivity contribution < 1.29 is 5.11 Å². The Hall–Kier alpha value is -2.03. The molecule has 0 saturated carbocycles. The van der Waals surface area contributed by atoms with Crippen LogP contribution in [-0.4, -0.2) is 49.6 Å². The van der Waals surface area contributed by atoms with Crippen LogP contribution in [0.25, 0.3) is 21.6 Å². The number of aliphatic hydroxyl groups excluding tert-OH is 1. The molecular weight excluding hydrogens is 292 g/mol. The molecule has 9 nitrogen and oxygen atoms in total.